The molecule has 20 heavy (non-hydrogen) atoms. The summed E-state index contributed by atoms with van der Waals surface area (Å²) in [6.45, 7) is 7.03. The van der Waals surface area contributed by atoms with Crippen molar-refractivity contribution in [3.05, 3.63) is 58.4 Å². The Morgan fingerprint density at radius 2 is 1.85 bits per heavy atom. The Morgan fingerprint density at radius 1 is 1.10 bits per heavy atom. The zero-order valence-electron chi connectivity index (χ0n) is 12.0. The van der Waals surface area contributed by atoms with E-state index in [-0.39, 0.29) is 5.82 Å². The van der Waals surface area contributed by atoms with Crippen molar-refractivity contribution in [1.82, 2.24) is 5.32 Å². The molecule has 0 fully saturated rings. The van der Waals surface area contributed by atoms with Gasteiger partial charge in [-0.15, -0.1) is 0 Å². The normalized spacial score (nSPS) is 11.1. The van der Waals surface area contributed by atoms with Crippen molar-refractivity contribution in [1.29, 1.82) is 0 Å². The lowest BCUT2D eigenvalue weighted by molar-refractivity contribution is 0.589. The minimum absolute atomic E-state index is 0.312. The molecule has 0 amide bonds. The molecule has 0 atom stereocenters. The van der Waals surface area contributed by atoms with E-state index in [4.69, 9.17) is 11.6 Å². The fourth-order valence-corrected chi connectivity index (χ4v) is 2.39. The topological polar surface area (TPSA) is 12.0 Å². The smallest absolute Gasteiger partial charge is 0.124 e. The second-order valence-corrected chi connectivity index (χ2v) is 5.73. The van der Waals surface area contributed by atoms with Gasteiger partial charge in [-0.3, -0.25) is 0 Å². The number of hydrogen-bond acceptors (Lipinski definition) is 1. The Labute approximate surface area is 124 Å². The summed E-state index contributed by atoms with van der Waals surface area (Å²) in [5, 5.41) is 3.85. The quantitative estimate of drug-likeness (QED) is 0.840. The van der Waals surface area contributed by atoms with E-state index in [0.29, 0.717) is 11.1 Å². The molecule has 2 aromatic rings. The number of benzene rings is 2. The SMILES string of the molecule is Cc1ccc(CNC(C)C)c(-c2ccc(F)cc2Cl)c1. The maximum atomic E-state index is 13.2. The highest BCUT2D eigenvalue weighted by Gasteiger charge is 2.10. The van der Waals surface area contributed by atoms with Crippen LogP contribution in [0.2, 0.25) is 5.02 Å². The van der Waals surface area contributed by atoms with Crippen molar-refractivity contribution in [3.8, 4) is 11.1 Å². The Hall–Kier alpha value is -1.38. The van der Waals surface area contributed by atoms with Crippen molar-refractivity contribution in [2.24, 2.45) is 0 Å². The van der Waals surface area contributed by atoms with Gasteiger partial charge in [-0.1, -0.05) is 49.2 Å². The van der Waals surface area contributed by atoms with E-state index >= 15 is 0 Å². The zero-order chi connectivity index (χ0) is 14.7. The monoisotopic (exact) mass is 291 g/mol. The van der Waals surface area contributed by atoms with Crippen LogP contribution in [0.3, 0.4) is 0 Å². The van der Waals surface area contributed by atoms with Gasteiger partial charge in [0.1, 0.15) is 5.82 Å². The van der Waals surface area contributed by atoms with Crippen LogP contribution in [-0.2, 0) is 6.54 Å². The molecule has 0 aromatic heterocycles. The van der Waals surface area contributed by atoms with Gasteiger partial charge in [-0.2, -0.15) is 0 Å². The average molecular weight is 292 g/mol. The van der Waals surface area contributed by atoms with Crippen molar-refractivity contribution < 1.29 is 4.39 Å². The van der Waals surface area contributed by atoms with Gasteiger partial charge in [0.2, 0.25) is 0 Å². The fourth-order valence-electron chi connectivity index (χ4n) is 2.12. The fraction of sp³-hybridized carbons (Fsp3) is 0.294. The second-order valence-electron chi connectivity index (χ2n) is 5.32. The predicted octanol–water partition coefficient (Wildman–Crippen LogP) is 4.95. The van der Waals surface area contributed by atoms with Crippen LogP contribution in [0, 0.1) is 12.7 Å². The average Bonchev–Trinajstić information content (AvgIpc) is 2.37. The minimum atomic E-state index is -0.312. The summed E-state index contributed by atoms with van der Waals surface area (Å²) in [4.78, 5) is 0. The van der Waals surface area contributed by atoms with E-state index in [1.165, 1.54) is 12.1 Å². The molecule has 0 aliphatic rings. The molecule has 3 heteroatoms. The third-order valence-corrected chi connectivity index (χ3v) is 3.50. The van der Waals surface area contributed by atoms with Crippen LogP contribution in [-0.4, -0.2) is 6.04 Å². The molecule has 0 aliphatic heterocycles. The van der Waals surface area contributed by atoms with Crippen LogP contribution in [0.25, 0.3) is 11.1 Å². The molecule has 0 bridgehead atoms. The second kappa shape index (κ2) is 6.38. The Kier molecular flexibility index (Phi) is 4.79. The number of rotatable bonds is 4. The summed E-state index contributed by atoms with van der Waals surface area (Å²) in [7, 11) is 0. The molecule has 0 aliphatic carbocycles. The molecule has 2 rings (SSSR count). The van der Waals surface area contributed by atoms with Crippen LogP contribution in [0.1, 0.15) is 25.0 Å². The third kappa shape index (κ3) is 3.59. The van der Waals surface area contributed by atoms with Gasteiger partial charge >= 0.3 is 0 Å². The molecular formula is C17H19ClFN. The first-order valence-corrected chi connectivity index (χ1v) is 7.13. The Balaban J connectivity index is 2.45. The summed E-state index contributed by atoms with van der Waals surface area (Å²) in [5.74, 6) is -0.312. The van der Waals surface area contributed by atoms with Gasteiger partial charge in [0.25, 0.3) is 0 Å². The highest BCUT2D eigenvalue weighted by molar-refractivity contribution is 6.33. The molecule has 0 heterocycles. The standard InChI is InChI=1S/C17H19ClFN/c1-11(2)20-10-13-5-4-12(3)8-16(13)15-7-6-14(19)9-17(15)18/h4-9,11,20H,10H2,1-3H3. The molecule has 0 radical (unpaired) electrons. The summed E-state index contributed by atoms with van der Waals surface area (Å²) < 4.78 is 13.2. The number of aryl methyl sites for hydroxylation is 1. The van der Waals surface area contributed by atoms with E-state index in [2.05, 4.69) is 37.4 Å². The van der Waals surface area contributed by atoms with Crippen molar-refractivity contribution in [2.45, 2.75) is 33.4 Å². The van der Waals surface area contributed by atoms with Gasteiger partial charge in [0.05, 0.1) is 5.02 Å². The largest absolute Gasteiger partial charge is 0.310 e. The van der Waals surface area contributed by atoms with Gasteiger partial charge in [0, 0.05) is 18.2 Å². The molecule has 0 saturated carbocycles. The first-order valence-electron chi connectivity index (χ1n) is 6.75. The van der Waals surface area contributed by atoms with E-state index in [0.717, 1.165) is 28.8 Å². The zero-order valence-corrected chi connectivity index (χ0v) is 12.8. The lowest BCUT2D eigenvalue weighted by atomic mass is 9.97. The first-order chi connectivity index (χ1) is 9.47. The molecule has 0 spiro atoms. The van der Waals surface area contributed by atoms with Crippen LogP contribution in [0.15, 0.2) is 36.4 Å². The van der Waals surface area contributed by atoms with Gasteiger partial charge in [-0.25, -0.2) is 4.39 Å². The first kappa shape index (κ1) is 15.0. The summed E-state index contributed by atoms with van der Waals surface area (Å²) >= 11 is 6.19. The molecule has 1 N–H and O–H groups in total. The van der Waals surface area contributed by atoms with Crippen molar-refractivity contribution >= 4 is 11.6 Å². The lowest BCUT2D eigenvalue weighted by Gasteiger charge is -2.15. The molecular weight excluding hydrogens is 273 g/mol. The van der Waals surface area contributed by atoms with E-state index in [1.807, 2.05) is 6.92 Å². The van der Waals surface area contributed by atoms with Gasteiger partial charge < -0.3 is 5.32 Å². The summed E-state index contributed by atoms with van der Waals surface area (Å²) in [6, 6.07) is 11.2. The Bertz CT molecular complexity index is 608. The van der Waals surface area contributed by atoms with E-state index < -0.39 is 0 Å². The van der Waals surface area contributed by atoms with Crippen molar-refractivity contribution in [3.63, 3.8) is 0 Å². The molecule has 0 unspecified atom stereocenters. The number of halogens is 2. The predicted molar refractivity (Wildman–Crippen MR) is 83.6 cm³/mol. The molecule has 106 valence electrons. The van der Waals surface area contributed by atoms with Crippen molar-refractivity contribution in [2.75, 3.05) is 0 Å². The molecule has 0 saturated heterocycles. The van der Waals surface area contributed by atoms with Crippen LogP contribution in [0.5, 0.6) is 0 Å². The minimum Gasteiger partial charge on any atom is -0.310 e. The highest BCUT2D eigenvalue weighted by atomic mass is 35.5. The number of nitrogens with one attached hydrogen (secondary N) is 1. The van der Waals surface area contributed by atoms with E-state index in [9.17, 15) is 4.39 Å². The maximum Gasteiger partial charge on any atom is 0.124 e. The van der Waals surface area contributed by atoms with Crippen LogP contribution in [0.4, 0.5) is 4.39 Å². The van der Waals surface area contributed by atoms with E-state index in [1.54, 1.807) is 6.07 Å². The van der Waals surface area contributed by atoms with Gasteiger partial charge in [0.15, 0.2) is 0 Å². The summed E-state index contributed by atoms with van der Waals surface area (Å²) in [6.07, 6.45) is 0. The molecule has 1 nitrogen and oxygen atoms in total. The lowest BCUT2D eigenvalue weighted by Crippen LogP contribution is -2.22. The maximum absolute atomic E-state index is 13.2. The van der Waals surface area contributed by atoms with Crippen LogP contribution < -0.4 is 5.32 Å². The number of hydrogen-bond donors (Lipinski definition) is 1. The highest BCUT2D eigenvalue weighted by Crippen LogP contribution is 2.32. The van der Waals surface area contributed by atoms with Crippen LogP contribution >= 0.6 is 11.6 Å². The molecule has 2 aromatic carbocycles. The van der Waals surface area contributed by atoms with Gasteiger partial charge in [-0.05, 0) is 36.2 Å². The Morgan fingerprint density at radius 3 is 2.50 bits per heavy atom. The third-order valence-electron chi connectivity index (χ3n) is 3.19. The summed E-state index contributed by atoms with van der Waals surface area (Å²) in [5.41, 5.74) is 4.26.